The lowest BCUT2D eigenvalue weighted by Gasteiger charge is -2.33. The Morgan fingerprint density at radius 1 is 0.929 bits per heavy atom. The maximum Gasteiger partial charge on any atom is 0.0796 e. The molecule has 0 aliphatic rings. The molecule has 86 valence electrons. The summed E-state index contributed by atoms with van der Waals surface area (Å²) in [7, 11) is 2.36. The normalized spacial score (nSPS) is 15.4. The molecule has 0 bridgehead atoms. The lowest BCUT2D eigenvalue weighted by Crippen LogP contribution is -2.45. The summed E-state index contributed by atoms with van der Waals surface area (Å²) in [5, 5.41) is 0. The lowest BCUT2D eigenvalue weighted by molar-refractivity contribution is -0.908. The Morgan fingerprint density at radius 2 is 1.57 bits per heavy atom. The van der Waals surface area contributed by atoms with Crippen LogP contribution < -0.4 is 5.73 Å². The van der Waals surface area contributed by atoms with Crippen LogP contribution in [0, 0.1) is 0 Å². The summed E-state index contributed by atoms with van der Waals surface area (Å²) < 4.78 is 1.21. The van der Waals surface area contributed by atoms with Gasteiger partial charge in [0.2, 0.25) is 0 Å². The molecule has 0 aromatic heterocycles. The first-order valence-electron chi connectivity index (χ1n) is 6.22. The zero-order valence-electron chi connectivity index (χ0n) is 10.4. The molecule has 2 nitrogen and oxygen atoms in total. The summed E-state index contributed by atoms with van der Waals surface area (Å²) >= 11 is 0. The summed E-state index contributed by atoms with van der Waals surface area (Å²) in [4.78, 5) is 0. The van der Waals surface area contributed by atoms with Gasteiger partial charge in [-0.1, -0.05) is 19.8 Å². The van der Waals surface area contributed by atoms with Crippen molar-refractivity contribution in [1.82, 2.24) is 0 Å². The van der Waals surface area contributed by atoms with Crippen LogP contribution in [-0.2, 0) is 0 Å². The summed E-state index contributed by atoms with van der Waals surface area (Å²) in [5.41, 5.74) is 5.56. The van der Waals surface area contributed by atoms with E-state index in [0.29, 0.717) is 0 Å². The van der Waals surface area contributed by atoms with Gasteiger partial charge in [-0.05, 0) is 26.3 Å². The smallest absolute Gasteiger partial charge is 0.0796 e. The highest BCUT2D eigenvalue weighted by Gasteiger charge is 2.17. The maximum absolute atomic E-state index is 5.56. The van der Waals surface area contributed by atoms with Gasteiger partial charge in [0.15, 0.2) is 0 Å². The molecule has 0 aliphatic heterocycles. The molecule has 2 N–H and O–H groups in total. The van der Waals surface area contributed by atoms with Gasteiger partial charge in [0.05, 0.1) is 26.7 Å². The average molecular weight is 201 g/mol. The van der Waals surface area contributed by atoms with E-state index in [-0.39, 0.29) is 0 Å². The molecule has 14 heavy (non-hydrogen) atoms. The number of nitrogens with zero attached hydrogens (tertiary/aromatic N) is 1. The van der Waals surface area contributed by atoms with Gasteiger partial charge in [0.1, 0.15) is 0 Å². The van der Waals surface area contributed by atoms with Crippen LogP contribution in [0.3, 0.4) is 0 Å². The number of rotatable bonds is 9. The highest BCUT2D eigenvalue weighted by molar-refractivity contribution is 4.44. The van der Waals surface area contributed by atoms with Crippen molar-refractivity contribution in [2.45, 2.75) is 46.0 Å². The first kappa shape index (κ1) is 13.9. The minimum atomic E-state index is 0.836. The third-order valence-electron chi connectivity index (χ3n) is 3.22. The van der Waals surface area contributed by atoms with Gasteiger partial charge in [0, 0.05) is 6.42 Å². The molecule has 0 radical (unpaired) electrons. The van der Waals surface area contributed by atoms with Crippen LogP contribution in [0.2, 0.25) is 0 Å². The quantitative estimate of drug-likeness (QED) is 0.450. The molecule has 0 aliphatic carbocycles. The third-order valence-corrected chi connectivity index (χ3v) is 3.22. The Morgan fingerprint density at radius 3 is 2.07 bits per heavy atom. The van der Waals surface area contributed by atoms with Crippen molar-refractivity contribution in [1.29, 1.82) is 0 Å². The van der Waals surface area contributed by atoms with E-state index in [1.165, 1.54) is 49.8 Å². The predicted octanol–water partition coefficient (Wildman–Crippen LogP) is 2.38. The average Bonchev–Trinajstić information content (AvgIpc) is 2.22. The second-order valence-electron chi connectivity index (χ2n) is 4.59. The number of hydrogen-bond donors (Lipinski definition) is 1. The van der Waals surface area contributed by atoms with Gasteiger partial charge < -0.3 is 10.2 Å². The molecule has 1 atom stereocenters. The van der Waals surface area contributed by atoms with Crippen LogP contribution >= 0.6 is 0 Å². The van der Waals surface area contributed by atoms with Crippen LogP contribution in [-0.4, -0.2) is 37.7 Å². The van der Waals surface area contributed by atoms with E-state index >= 15 is 0 Å². The van der Waals surface area contributed by atoms with Crippen LogP contribution in [0.4, 0.5) is 0 Å². The van der Waals surface area contributed by atoms with Crippen LogP contribution in [0.25, 0.3) is 0 Å². The zero-order valence-corrected chi connectivity index (χ0v) is 10.4. The van der Waals surface area contributed by atoms with Crippen molar-refractivity contribution in [2.75, 3.05) is 33.2 Å². The van der Waals surface area contributed by atoms with E-state index in [1.807, 2.05) is 0 Å². The van der Waals surface area contributed by atoms with E-state index < -0.39 is 0 Å². The van der Waals surface area contributed by atoms with Crippen molar-refractivity contribution in [3.05, 3.63) is 0 Å². The molecule has 0 saturated carbocycles. The molecule has 2 heteroatoms. The predicted molar refractivity (Wildman–Crippen MR) is 64.3 cm³/mol. The molecule has 0 rings (SSSR count). The largest absolute Gasteiger partial charge is 0.330 e. The van der Waals surface area contributed by atoms with Crippen molar-refractivity contribution in [2.24, 2.45) is 5.73 Å². The molecule has 0 aromatic carbocycles. The van der Waals surface area contributed by atoms with E-state index in [2.05, 4.69) is 20.9 Å². The number of unbranched alkanes of at least 4 members (excludes halogenated alkanes) is 3. The zero-order chi connectivity index (χ0) is 10.9. The highest BCUT2D eigenvalue weighted by Crippen LogP contribution is 2.08. The lowest BCUT2D eigenvalue weighted by atomic mass is 10.2. The van der Waals surface area contributed by atoms with E-state index in [0.717, 1.165) is 13.0 Å². The SMILES string of the molecule is CCCCCC[N+](C)(CC)CCCN. The number of quaternary nitrogens is 1. The Hall–Kier alpha value is -0.0800. The summed E-state index contributed by atoms with van der Waals surface area (Å²) in [6.45, 7) is 9.21. The second kappa shape index (κ2) is 8.25. The Bertz CT molecular complexity index is 125. The molecule has 0 saturated heterocycles. The van der Waals surface area contributed by atoms with Gasteiger partial charge in [0.25, 0.3) is 0 Å². The number of hydrogen-bond acceptors (Lipinski definition) is 1. The fraction of sp³-hybridized carbons (Fsp3) is 1.00. The van der Waals surface area contributed by atoms with E-state index in [4.69, 9.17) is 5.73 Å². The van der Waals surface area contributed by atoms with Crippen molar-refractivity contribution in [3.63, 3.8) is 0 Å². The second-order valence-corrected chi connectivity index (χ2v) is 4.59. The van der Waals surface area contributed by atoms with Gasteiger partial charge in [-0.15, -0.1) is 0 Å². The third kappa shape index (κ3) is 6.39. The minimum absolute atomic E-state index is 0.836. The van der Waals surface area contributed by atoms with Crippen molar-refractivity contribution in [3.8, 4) is 0 Å². The Balaban J connectivity index is 3.63. The van der Waals surface area contributed by atoms with Gasteiger partial charge in [-0.3, -0.25) is 0 Å². The fourth-order valence-electron chi connectivity index (χ4n) is 1.82. The highest BCUT2D eigenvalue weighted by atomic mass is 15.3. The summed E-state index contributed by atoms with van der Waals surface area (Å²) in [6.07, 6.45) is 6.66. The summed E-state index contributed by atoms with van der Waals surface area (Å²) in [6, 6.07) is 0. The fourth-order valence-corrected chi connectivity index (χ4v) is 1.82. The van der Waals surface area contributed by atoms with Gasteiger partial charge in [-0.2, -0.15) is 0 Å². The van der Waals surface area contributed by atoms with Crippen LogP contribution in [0.1, 0.15) is 46.0 Å². The molecular formula is C12H29N2+. The van der Waals surface area contributed by atoms with Crippen molar-refractivity contribution < 1.29 is 4.48 Å². The Kier molecular flexibility index (Phi) is 8.20. The molecule has 0 aromatic rings. The van der Waals surface area contributed by atoms with E-state index in [9.17, 15) is 0 Å². The van der Waals surface area contributed by atoms with Crippen LogP contribution in [0.15, 0.2) is 0 Å². The van der Waals surface area contributed by atoms with E-state index in [1.54, 1.807) is 0 Å². The first-order valence-corrected chi connectivity index (χ1v) is 6.22. The topological polar surface area (TPSA) is 26.0 Å². The van der Waals surface area contributed by atoms with Gasteiger partial charge >= 0.3 is 0 Å². The molecule has 0 amide bonds. The molecular weight excluding hydrogens is 172 g/mol. The molecule has 0 spiro atoms. The van der Waals surface area contributed by atoms with Crippen molar-refractivity contribution >= 4 is 0 Å². The Labute approximate surface area is 90.1 Å². The van der Waals surface area contributed by atoms with Gasteiger partial charge in [-0.25, -0.2) is 0 Å². The maximum atomic E-state index is 5.56. The minimum Gasteiger partial charge on any atom is -0.330 e. The van der Waals surface area contributed by atoms with Crippen LogP contribution in [0.5, 0.6) is 0 Å². The molecule has 0 fully saturated rings. The monoisotopic (exact) mass is 201 g/mol. The molecule has 1 unspecified atom stereocenters. The summed E-state index contributed by atoms with van der Waals surface area (Å²) in [5.74, 6) is 0. The standard InChI is InChI=1S/C12H29N2/c1-4-6-7-8-11-14(3,5-2)12-9-10-13/h4-13H2,1-3H3/q+1. The number of nitrogens with two attached hydrogens (primary N) is 1. The first-order chi connectivity index (χ1) is 6.68. The molecule has 0 heterocycles.